The van der Waals surface area contributed by atoms with E-state index in [0.717, 1.165) is 11.9 Å². The number of hydrogen-bond donors (Lipinski definition) is 1. The molecule has 0 radical (unpaired) electrons. The number of nitrogens with zero attached hydrogens (tertiary/aromatic N) is 1. The number of benzene rings is 1. The van der Waals surface area contributed by atoms with Gasteiger partial charge in [0.25, 0.3) is 0 Å². The summed E-state index contributed by atoms with van der Waals surface area (Å²) >= 11 is 0. The maximum absolute atomic E-state index is 5.50. The van der Waals surface area contributed by atoms with Crippen LogP contribution < -0.4 is 5.73 Å². The first-order valence-electron chi connectivity index (χ1n) is 4.85. The summed E-state index contributed by atoms with van der Waals surface area (Å²) in [6, 6.07) is 8.48. The zero-order chi connectivity index (χ0) is 9.97. The van der Waals surface area contributed by atoms with Crippen LogP contribution in [0.3, 0.4) is 0 Å². The summed E-state index contributed by atoms with van der Waals surface area (Å²) in [5.74, 6) is 0. The molecule has 2 nitrogen and oxygen atoms in total. The summed E-state index contributed by atoms with van der Waals surface area (Å²) in [6.07, 6.45) is 2.81. The number of hydrogen-bond acceptors (Lipinski definition) is 2. The summed E-state index contributed by atoms with van der Waals surface area (Å²) in [5, 5.41) is 1.20. The van der Waals surface area contributed by atoms with E-state index in [0.29, 0.717) is 6.54 Å². The standard InChI is InChI=1S/C12H14N2/c1-9-2-3-11-7-10(4-5-13)8-14-12(11)6-9/h2-3,6-8H,4-5,13H2,1H3. The van der Waals surface area contributed by atoms with Gasteiger partial charge in [-0.25, -0.2) is 0 Å². The van der Waals surface area contributed by atoms with Crippen LogP contribution in [0.1, 0.15) is 11.1 Å². The second-order valence-electron chi connectivity index (χ2n) is 3.58. The van der Waals surface area contributed by atoms with Crippen molar-refractivity contribution >= 4 is 10.9 Å². The Labute approximate surface area is 83.8 Å². The van der Waals surface area contributed by atoms with E-state index in [1.54, 1.807) is 0 Å². The van der Waals surface area contributed by atoms with Gasteiger partial charge in [0.05, 0.1) is 5.52 Å². The number of fused-ring (bicyclic) bond motifs is 1. The Morgan fingerprint density at radius 3 is 2.93 bits per heavy atom. The van der Waals surface area contributed by atoms with Crippen molar-refractivity contribution in [2.75, 3.05) is 6.54 Å². The summed E-state index contributed by atoms with van der Waals surface area (Å²) in [4.78, 5) is 4.41. The minimum Gasteiger partial charge on any atom is -0.330 e. The van der Waals surface area contributed by atoms with E-state index in [1.165, 1.54) is 16.5 Å². The van der Waals surface area contributed by atoms with Crippen LogP contribution >= 0.6 is 0 Å². The molecule has 2 N–H and O–H groups in total. The number of aromatic nitrogens is 1. The summed E-state index contributed by atoms with van der Waals surface area (Å²) in [7, 11) is 0. The predicted molar refractivity (Wildman–Crippen MR) is 59.2 cm³/mol. The van der Waals surface area contributed by atoms with Crippen LogP contribution in [0.2, 0.25) is 0 Å². The Hall–Kier alpha value is -1.41. The summed E-state index contributed by atoms with van der Waals surface area (Å²) in [6.45, 7) is 2.76. The molecule has 14 heavy (non-hydrogen) atoms. The highest BCUT2D eigenvalue weighted by Crippen LogP contribution is 2.14. The maximum Gasteiger partial charge on any atom is 0.0704 e. The van der Waals surface area contributed by atoms with Crippen molar-refractivity contribution in [1.29, 1.82) is 0 Å². The lowest BCUT2D eigenvalue weighted by atomic mass is 10.1. The van der Waals surface area contributed by atoms with Crippen molar-refractivity contribution in [3.05, 3.63) is 41.6 Å². The second-order valence-corrected chi connectivity index (χ2v) is 3.58. The van der Waals surface area contributed by atoms with E-state index < -0.39 is 0 Å². The van der Waals surface area contributed by atoms with Crippen molar-refractivity contribution in [3.8, 4) is 0 Å². The van der Waals surface area contributed by atoms with E-state index in [9.17, 15) is 0 Å². The van der Waals surface area contributed by atoms with Crippen LogP contribution in [0.25, 0.3) is 10.9 Å². The third-order valence-electron chi connectivity index (χ3n) is 2.33. The molecule has 0 saturated carbocycles. The summed E-state index contributed by atoms with van der Waals surface area (Å²) < 4.78 is 0. The minimum absolute atomic E-state index is 0.680. The minimum atomic E-state index is 0.680. The molecule has 0 aliphatic carbocycles. The molecule has 1 aromatic carbocycles. The molecule has 0 spiro atoms. The van der Waals surface area contributed by atoms with Gasteiger partial charge in [-0.05, 0) is 43.1 Å². The molecule has 1 heterocycles. The summed E-state index contributed by atoms with van der Waals surface area (Å²) in [5.41, 5.74) is 9.02. The van der Waals surface area contributed by atoms with Gasteiger partial charge in [-0.3, -0.25) is 4.98 Å². The topological polar surface area (TPSA) is 38.9 Å². The Kier molecular flexibility index (Phi) is 2.46. The lowest BCUT2D eigenvalue weighted by molar-refractivity contribution is 0.963. The van der Waals surface area contributed by atoms with Gasteiger partial charge >= 0.3 is 0 Å². The third-order valence-corrected chi connectivity index (χ3v) is 2.33. The lowest BCUT2D eigenvalue weighted by Gasteiger charge is -2.02. The molecule has 72 valence electrons. The van der Waals surface area contributed by atoms with Crippen LogP contribution in [0.4, 0.5) is 0 Å². The fraction of sp³-hybridized carbons (Fsp3) is 0.250. The molecule has 0 aliphatic heterocycles. The predicted octanol–water partition coefficient (Wildman–Crippen LogP) is 2.04. The maximum atomic E-state index is 5.50. The van der Waals surface area contributed by atoms with E-state index in [2.05, 4.69) is 36.2 Å². The van der Waals surface area contributed by atoms with Gasteiger partial charge in [0.1, 0.15) is 0 Å². The zero-order valence-corrected chi connectivity index (χ0v) is 8.33. The molecular weight excluding hydrogens is 172 g/mol. The molecule has 0 bridgehead atoms. The Morgan fingerprint density at radius 2 is 2.14 bits per heavy atom. The highest BCUT2D eigenvalue weighted by Gasteiger charge is 1.97. The molecule has 0 aliphatic rings. The van der Waals surface area contributed by atoms with Crippen LogP contribution in [-0.4, -0.2) is 11.5 Å². The fourth-order valence-corrected chi connectivity index (χ4v) is 1.58. The molecule has 1 aromatic heterocycles. The molecule has 2 aromatic rings. The van der Waals surface area contributed by atoms with Gasteiger partial charge in [0.15, 0.2) is 0 Å². The van der Waals surface area contributed by atoms with Crippen molar-refractivity contribution in [2.45, 2.75) is 13.3 Å². The van der Waals surface area contributed by atoms with Crippen molar-refractivity contribution in [2.24, 2.45) is 5.73 Å². The largest absolute Gasteiger partial charge is 0.330 e. The number of nitrogens with two attached hydrogens (primary N) is 1. The quantitative estimate of drug-likeness (QED) is 0.779. The molecule has 0 fully saturated rings. The van der Waals surface area contributed by atoms with Gasteiger partial charge in [0, 0.05) is 11.6 Å². The molecular formula is C12H14N2. The van der Waals surface area contributed by atoms with E-state index in [4.69, 9.17) is 5.73 Å². The Bertz CT molecular complexity index is 449. The van der Waals surface area contributed by atoms with Gasteiger partial charge in [-0.15, -0.1) is 0 Å². The van der Waals surface area contributed by atoms with Crippen LogP contribution in [0.5, 0.6) is 0 Å². The first kappa shape index (κ1) is 9.16. The molecule has 0 unspecified atom stereocenters. The van der Waals surface area contributed by atoms with E-state index in [-0.39, 0.29) is 0 Å². The Balaban J connectivity index is 2.50. The lowest BCUT2D eigenvalue weighted by Crippen LogP contribution is -2.02. The number of pyridine rings is 1. The average Bonchev–Trinajstić information content (AvgIpc) is 2.19. The van der Waals surface area contributed by atoms with Crippen LogP contribution in [0.15, 0.2) is 30.5 Å². The normalized spacial score (nSPS) is 10.7. The molecule has 2 heteroatoms. The monoisotopic (exact) mass is 186 g/mol. The van der Waals surface area contributed by atoms with Gasteiger partial charge < -0.3 is 5.73 Å². The second kappa shape index (κ2) is 3.76. The van der Waals surface area contributed by atoms with Gasteiger partial charge in [-0.2, -0.15) is 0 Å². The first-order valence-corrected chi connectivity index (χ1v) is 4.85. The SMILES string of the molecule is Cc1ccc2cc(CCN)cnc2c1. The fourth-order valence-electron chi connectivity index (χ4n) is 1.58. The highest BCUT2D eigenvalue weighted by atomic mass is 14.7. The Morgan fingerprint density at radius 1 is 1.29 bits per heavy atom. The smallest absolute Gasteiger partial charge is 0.0704 e. The highest BCUT2D eigenvalue weighted by molar-refractivity contribution is 5.79. The van der Waals surface area contributed by atoms with Crippen molar-refractivity contribution in [3.63, 3.8) is 0 Å². The van der Waals surface area contributed by atoms with E-state index >= 15 is 0 Å². The van der Waals surface area contributed by atoms with Crippen LogP contribution in [0, 0.1) is 6.92 Å². The molecule has 0 saturated heterocycles. The van der Waals surface area contributed by atoms with Gasteiger partial charge in [0.2, 0.25) is 0 Å². The van der Waals surface area contributed by atoms with Crippen molar-refractivity contribution in [1.82, 2.24) is 4.98 Å². The van der Waals surface area contributed by atoms with Gasteiger partial charge in [-0.1, -0.05) is 12.1 Å². The molecule has 0 atom stereocenters. The number of aryl methyl sites for hydroxylation is 1. The van der Waals surface area contributed by atoms with Crippen LogP contribution in [-0.2, 0) is 6.42 Å². The first-order chi connectivity index (χ1) is 6.79. The molecule has 0 amide bonds. The van der Waals surface area contributed by atoms with Crippen molar-refractivity contribution < 1.29 is 0 Å². The average molecular weight is 186 g/mol. The third kappa shape index (κ3) is 1.75. The molecule has 2 rings (SSSR count). The zero-order valence-electron chi connectivity index (χ0n) is 8.33. The number of rotatable bonds is 2. The van der Waals surface area contributed by atoms with E-state index in [1.807, 2.05) is 6.20 Å².